The highest BCUT2D eigenvalue weighted by molar-refractivity contribution is 7.99. The van der Waals surface area contributed by atoms with E-state index in [1.54, 1.807) is 12.1 Å². The van der Waals surface area contributed by atoms with E-state index in [9.17, 15) is 10.1 Å². The van der Waals surface area contributed by atoms with Crippen LogP contribution in [-0.2, 0) is 0 Å². The van der Waals surface area contributed by atoms with Gasteiger partial charge in [-0.05, 0) is 25.2 Å². The van der Waals surface area contributed by atoms with Crippen LogP contribution in [0.3, 0.4) is 0 Å². The molecular formula is C17H19N3O2S. The molecule has 3 rings (SSSR count). The van der Waals surface area contributed by atoms with E-state index in [0.29, 0.717) is 11.7 Å². The number of hydrogen-bond donors (Lipinski definition) is 0. The molecule has 0 aliphatic carbocycles. The molecule has 120 valence electrons. The van der Waals surface area contributed by atoms with Gasteiger partial charge in [0, 0.05) is 30.0 Å². The highest BCUT2D eigenvalue weighted by Gasteiger charge is 2.23. The van der Waals surface area contributed by atoms with E-state index in [0.717, 1.165) is 35.9 Å². The summed E-state index contributed by atoms with van der Waals surface area (Å²) in [7, 11) is 0. The average Bonchev–Trinajstić information content (AvgIpc) is 2.79. The van der Waals surface area contributed by atoms with Crippen LogP contribution in [0.25, 0.3) is 11.3 Å². The molecule has 1 fully saturated rings. The van der Waals surface area contributed by atoms with Crippen molar-refractivity contribution in [3.63, 3.8) is 0 Å². The molecule has 6 heteroatoms. The van der Waals surface area contributed by atoms with Crippen molar-refractivity contribution >= 4 is 23.3 Å². The van der Waals surface area contributed by atoms with E-state index in [1.165, 1.54) is 0 Å². The normalized spacial score (nSPS) is 18.5. The predicted molar refractivity (Wildman–Crippen MR) is 95.1 cm³/mol. The quantitative estimate of drug-likeness (QED) is 0.629. The van der Waals surface area contributed by atoms with Gasteiger partial charge in [-0.25, -0.2) is 4.98 Å². The van der Waals surface area contributed by atoms with Gasteiger partial charge < -0.3 is 4.90 Å². The van der Waals surface area contributed by atoms with Gasteiger partial charge in [-0.15, -0.1) is 0 Å². The van der Waals surface area contributed by atoms with E-state index in [2.05, 4.69) is 16.8 Å². The SMILES string of the molecule is CC1CCSCCN1c1ccc([N+](=O)[O-])c(-c2ccccc2)n1. The summed E-state index contributed by atoms with van der Waals surface area (Å²) < 4.78 is 0. The van der Waals surface area contributed by atoms with Gasteiger partial charge in [0.15, 0.2) is 5.69 Å². The van der Waals surface area contributed by atoms with E-state index in [-0.39, 0.29) is 10.6 Å². The Morgan fingerprint density at radius 2 is 2.00 bits per heavy atom. The monoisotopic (exact) mass is 329 g/mol. The second kappa shape index (κ2) is 7.00. The topological polar surface area (TPSA) is 59.3 Å². The molecule has 1 aliphatic rings. The molecule has 1 aromatic carbocycles. The van der Waals surface area contributed by atoms with E-state index in [4.69, 9.17) is 0 Å². The van der Waals surface area contributed by atoms with Crippen LogP contribution in [0.5, 0.6) is 0 Å². The largest absolute Gasteiger partial charge is 0.353 e. The van der Waals surface area contributed by atoms with Crippen molar-refractivity contribution in [2.75, 3.05) is 23.0 Å². The molecule has 0 radical (unpaired) electrons. The van der Waals surface area contributed by atoms with Gasteiger partial charge in [-0.2, -0.15) is 11.8 Å². The fourth-order valence-electron chi connectivity index (χ4n) is 2.79. The summed E-state index contributed by atoms with van der Waals surface area (Å²) >= 11 is 1.95. The Balaban J connectivity index is 2.05. The van der Waals surface area contributed by atoms with Crippen molar-refractivity contribution in [3.8, 4) is 11.3 Å². The Hall–Kier alpha value is -2.08. The molecule has 0 amide bonds. The molecule has 5 nitrogen and oxygen atoms in total. The van der Waals surface area contributed by atoms with Crippen molar-refractivity contribution in [3.05, 3.63) is 52.6 Å². The van der Waals surface area contributed by atoms with Crippen LogP contribution < -0.4 is 4.90 Å². The Morgan fingerprint density at radius 3 is 2.74 bits per heavy atom. The maximum atomic E-state index is 11.4. The van der Waals surface area contributed by atoms with Crippen molar-refractivity contribution < 1.29 is 4.92 Å². The summed E-state index contributed by atoms with van der Waals surface area (Å²) in [6, 6.07) is 13.1. The van der Waals surface area contributed by atoms with Gasteiger partial charge >= 0.3 is 0 Å². The zero-order valence-electron chi connectivity index (χ0n) is 13.0. The second-order valence-electron chi connectivity index (χ2n) is 5.60. The smallest absolute Gasteiger partial charge is 0.295 e. The van der Waals surface area contributed by atoms with Crippen LogP contribution in [0, 0.1) is 10.1 Å². The van der Waals surface area contributed by atoms with Gasteiger partial charge in [0.1, 0.15) is 5.82 Å². The number of nitrogens with zero attached hydrogens (tertiary/aromatic N) is 3. The van der Waals surface area contributed by atoms with E-state index < -0.39 is 0 Å². The summed E-state index contributed by atoms with van der Waals surface area (Å²) in [6.45, 7) is 3.11. The summed E-state index contributed by atoms with van der Waals surface area (Å²) in [5.74, 6) is 3.03. The number of benzene rings is 1. The lowest BCUT2D eigenvalue weighted by atomic mass is 10.1. The maximum absolute atomic E-state index is 11.4. The number of aromatic nitrogens is 1. The third-order valence-corrected chi connectivity index (χ3v) is 5.08. The highest BCUT2D eigenvalue weighted by Crippen LogP contribution is 2.31. The summed E-state index contributed by atoms with van der Waals surface area (Å²) in [4.78, 5) is 17.9. The molecule has 2 aromatic rings. The summed E-state index contributed by atoms with van der Waals surface area (Å²) in [5, 5.41) is 11.4. The molecule has 2 heterocycles. The fraction of sp³-hybridized carbons (Fsp3) is 0.353. The lowest BCUT2D eigenvalue weighted by molar-refractivity contribution is -0.384. The zero-order chi connectivity index (χ0) is 16.2. The molecule has 1 aliphatic heterocycles. The molecule has 1 atom stereocenters. The Labute approximate surface area is 139 Å². The van der Waals surface area contributed by atoms with Gasteiger partial charge in [0.25, 0.3) is 5.69 Å². The third-order valence-electron chi connectivity index (χ3n) is 4.09. The van der Waals surface area contributed by atoms with Gasteiger partial charge in [0.05, 0.1) is 4.92 Å². The van der Waals surface area contributed by atoms with Crippen molar-refractivity contribution in [2.24, 2.45) is 0 Å². The average molecular weight is 329 g/mol. The first-order valence-electron chi connectivity index (χ1n) is 7.72. The number of hydrogen-bond acceptors (Lipinski definition) is 5. The molecule has 0 bridgehead atoms. The Bertz CT molecular complexity index is 693. The van der Waals surface area contributed by atoms with E-state index >= 15 is 0 Å². The molecule has 0 spiro atoms. The maximum Gasteiger partial charge on any atom is 0.295 e. The van der Waals surface area contributed by atoms with Gasteiger partial charge in [-0.3, -0.25) is 10.1 Å². The minimum atomic E-state index is -0.360. The lowest BCUT2D eigenvalue weighted by Crippen LogP contribution is -2.34. The highest BCUT2D eigenvalue weighted by atomic mass is 32.2. The van der Waals surface area contributed by atoms with Crippen molar-refractivity contribution in [1.29, 1.82) is 0 Å². The van der Waals surface area contributed by atoms with Crippen LogP contribution in [0.4, 0.5) is 11.5 Å². The first kappa shape index (κ1) is 15.8. The molecular weight excluding hydrogens is 310 g/mol. The van der Waals surface area contributed by atoms with E-state index in [1.807, 2.05) is 42.1 Å². The van der Waals surface area contributed by atoms with Crippen molar-refractivity contribution in [2.45, 2.75) is 19.4 Å². The molecule has 1 unspecified atom stereocenters. The predicted octanol–water partition coefficient (Wildman–Crippen LogP) is 3.99. The number of thioether (sulfide) groups is 1. The molecule has 1 aromatic heterocycles. The molecule has 23 heavy (non-hydrogen) atoms. The minimum absolute atomic E-state index is 0.0526. The van der Waals surface area contributed by atoms with Gasteiger partial charge in [0.2, 0.25) is 0 Å². The van der Waals surface area contributed by atoms with Crippen LogP contribution >= 0.6 is 11.8 Å². The number of anilines is 1. The molecule has 1 saturated heterocycles. The van der Waals surface area contributed by atoms with Crippen LogP contribution in [-0.4, -0.2) is 34.0 Å². The first-order chi connectivity index (χ1) is 11.2. The lowest BCUT2D eigenvalue weighted by Gasteiger charge is -2.28. The third kappa shape index (κ3) is 3.47. The van der Waals surface area contributed by atoms with Crippen molar-refractivity contribution in [1.82, 2.24) is 4.98 Å². The summed E-state index contributed by atoms with van der Waals surface area (Å²) in [5.41, 5.74) is 1.27. The number of pyridine rings is 1. The van der Waals surface area contributed by atoms with Gasteiger partial charge in [-0.1, -0.05) is 30.3 Å². The number of nitro groups is 1. The zero-order valence-corrected chi connectivity index (χ0v) is 13.8. The molecule has 0 saturated carbocycles. The van der Waals surface area contributed by atoms with Crippen LogP contribution in [0.2, 0.25) is 0 Å². The first-order valence-corrected chi connectivity index (χ1v) is 8.87. The Morgan fingerprint density at radius 1 is 1.22 bits per heavy atom. The summed E-state index contributed by atoms with van der Waals surface area (Å²) in [6.07, 6.45) is 1.10. The fourth-order valence-corrected chi connectivity index (χ4v) is 3.83. The minimum Gasteiger partial charge on any atom is -0.353 e. The second-order valence-corrected chi connectivity index (χ2v) is 6.83. The number of rotatable bonds is 3. The standard InChI is InChI=1S/C17H19N3O2S/c1-13-9-11-23-12-10-19(13)16-8-7-15(20(21)22)17(18-16)14-5-3-2-4-6-14/h2-8,13H,9-12H2,1H3. The van der Waals surface area contributed by atoms with Crippen LogP contribution in [0.1, 0.15) is 13.3 Å². The van der Waals surface area contributed by atoms with Crippen LogP contribution in [0.15, 0.2) is 42.5 Å². The Kier molecular flexibility index (Phi) is 4.81. The molecule has 0 N–H and O–H groups in total.